The quantitative estimate of drug-likeness (QED) is 0.791. The summed E-state index contributed by atoms with van der Waals surface area (Å²) in [6, 6.07) is 15.5. The molecule has 25 heavy (non-hydrogen) atoms. The van der Waals surface area contributed by atoms with E-state index in [2.05, 4.69) is 11.4 Å². The minimum Gasteiger partial charge on any atom is -0.445 e. The fourth-order valence-electron chi connectivity index (χ4n) is 2.54. The first-order valence-corrected chi connectivity index (χ1v) is 8.22. The predicted octanol–water partition coefficient (Wildman–Crippen LogP) is 4.50. The van der Waals surface area contributed by atoms with E-state index in [-0.39, 0.29) is 6.61 Å². The first-order valence-electron chi connectivity index (χ1n) is 8.22. The molecule has 4 heteroatoms. The maximum absolute atomic E-state index is 11.6. The van der Waals surface area contributed by atoms with Crippen molar-refractivity contribution in [1.29, 1.82) is 5.26 Å². The summed E-state index contributed by atoms with van der Waals surface area (Å²) in [5, 5.41) is 11.7. The third-order valence-electron chi connectivity index (χ3n) is 3.80. The second-order valence-electron chi connectivity index (χ2n) is 5.82. The van der Waals surface area contributed by atoms with Gasteiger partial charge in [0, 0.05) is 6.54 Å². The van der Waals surface area contributed by atoms with Gasteiger partial charge in [-0.2, -0.15) is 5.26 Å². The normalized spacial score (nSPS) is 10.4. The number of carbonyl (C=O) groups is 1. The monoisotopic (exact) mass is 334 g/mol. The number of alkyl carbamates (subject to hydrolysis) is 1. The largest absolute Gasteiger partial charge is 0.445 e. The summed E-state index contributed by atoms with van der Waals surface area (Å²) >= 11 is 0. The average molecular weight is 334 g/mol. The molecule has 0 fully saturated rings. The van der Waals surface area contributed by atoms with Crippen molar-refractivity contribution in [3.05, 3.63) is 76.4 Å². The SMILES string of the molecule is Cc1cc(C#N)cc(C)c1C=CCCNC(=O)OCc1ccccc1. The Balaban J connectivity index is 1.75. The van der Waals surface area contributed by atoms with Gasteiger partial charge in [-0.3, -0.25) is 0 Å². The van der Waals surface area contributed by atoms with E-state index in [0.29, 0.717) is 18.5 Å². The first kappa shape index (κ1) is 18.3. The molecular formula is C21H22N2O2. The second-order valence-corrected chi connectivity index (χ2v) is 5.82. The number of carbonyl (C=O) groups excluding carboxylic acids is 1. The number of aryl methyl sites for hydroxylation is 2. The van der Waals surface area contributed by atoms with Gasteiger partial charge in [0.15, 0.2) is 0 Å². The van der Waals surface area contributed by atoms with Crippen molar-refractivity contribution in [2.24, 2.45) is 0 Å². The summed E-state index contributed by atoms with van der Waals surface area (Å²) in [7, 11) is 0. The van der Waals surface area contributed by atoms with Crippen molar-refractivity contribution >= 4 is 12.2 Å². The van der Waals surface area contributed by atoms with Crippen LogP contribution in [0.15, 0.2) is 48.5 Å². The van der Waals surface area contributed by atoms with Crippen LogP contribution in [0.4, 0.5) is 4.79 Å². The molecule has 1 amide bonds. The van der Waals surface area contributed by atoms with Gasteiger partial charge in [-0.15, -0.1) is 0 Å². The average Bonchev–Trinajstić information content (AvgIpc) is 2.62. The second kappa shape index (κ2) is 9.29. The Kier molecular flexibility index (Phi) is 6.79. The molecule has 2 aromatic carbocycles. The molecule has 0 heterocycles. The number of nitriles is 1. The van der Waals surface area contributed by atoms with Gasteiger partial charge < -0.3 is 10.1 Å². The number of hydrogen-bond donors (Lipinski definition) is 1. The summed E-state index contributed by atoms with van der Waals surface area (Å²) < 4.78 is 5.15. The molecule has 0 aliphatic carbocycles. The molecule has 0 spiro atoms. The molecule has 0 saturated carbocycles. The summed E-state index contributed by atoms with van der Waals surface area (Å²) in [6.45, 7) is 4.77. The predicted molar refractivity (Wildman–Crippen MR) is 98.9 cm³/mol. The van der Waals surface area contributed by atoms with E-state index in [9.17, 15) is 4.79 Å². The molecule has 0 aliphatic heterocycles. The van der Waals surface area contributed by atoms with Crippen LogP contribution in [0.2, 0.25) is 0 Å². The number of nitrogens with zero attached hydrogens (tertiary/aromatic N) is 1. The fourth-order valence-corrected chi connectivity index (χ4v) is 2.54. The van der Waals surface area contributed by atoms with E-state index in [0.717, 1.165) is 22.3 Å². The Morgan fingerprint density at radius 1 is 1.20 bits per heavy atom. The number of nitrogens with one attached hydrogen (secondary N) is 1. The smallest absolute Gasteiger partial charge is 0.407 e. The Morgan fingerprint density at radius 2 is 1.88 bits per heavy atom. The molecule has 1 N–H and O–H groups in total. The van der Waals surface area contributed by atoms with E-state index in [1.54, 1.807) is 0 Å². The zero-order valence-corrected chi connectivity index (χ0v) is 14.6. The van der Waals surface area contributed by atoms with Crippen LogP contribution < -0.4 is 5.32 Å². The maximum atomic E-state index is 11.6. The molecule has 2 aromatic rings. The van der Waals surface area contributed by atoms with Gasteiger partial charge in [0.1, 0.15) is 6.61 Å². The van der Waals surface area contributed by atoms with E-state index >= 15 is 0 Å². The lowest BCUT2D eigenvalue weighted by Crippen LogP contribution is -2.24. The third kappa shape index (κ3) is 5.82. The molecule has 2 rings (SSSR count). The molecule has 0 bridgehead atoms. The van der Waals surface area contributed by atoms with Crippen molar-refractivity contribution < 1.29 is 9.53 Å². The van der Waals surface area contributed by atoms with Gasteiger partial charge in [0.2, 0.25) is 0 Å². The fraction of sp³-hybridized carbons (Fsp3) is 0.238. The summed E-state index contributed by atoms with van der Waals surface area (Å²) in [4.78, 5) is 11.6. The highest BCUT2D eigenvalue weighted by Crippen LogP contribution is 2.18. The van der Waals surface area contributed by atoms with Crippen molar-refractivity contribution in [3.63, 3.8) is 0 Å². The molecular weight excluding hydrogens is 312 g/mol. The molecule has 0 saturated heterocycles. The summed E-state index contributed by atoms with van der Waals surface area (Å²) in [5.74, 6) is 0. The molecule has 0 unspecified atom stereocenters. The van der Waals surface area contributed by atoms with Gasteiger partial charge in [-0.05, 0) is 54.7 Å². The molecule has 4 nitrogen and oxygen atoms in total. The minimum absolute atomic E-state index is 0.270. The van der Waals surface area contributed by atoms with Crippen molar-refractivity contribution in [1.82, 2.24) is 5.32 Å². The molecule has 0 radical (unpaired) electrons. The highest BCUT2D eigenvalue weighted by Gasteiger charge is 2.03. The zero-order valence-electron chi connectivity index (χ0n) is 14.6. The van der Waals surface area contributed by atoms with E-state index < -0.39 is 6.09 Å². The van der Waals surface area contributed by atoms with Crippen molar-refractivity contribution in [2.45, 2.75) is 26.9 Å². The third-order valence-corrected chi connectivity index (χ3v) is 3.80. The molecule has 128 valence electrons. The van der Waals surface area contributed by atoms with Crippen LogP contribution in [0.25, 0.3) is 6.08 Å². The van der Waals surface area contributed by atoms with Gasteiger partial charge in [-0.25, -0.2) is 4.79 Å². The van der Waals surface area contributed by atoms with Crippen LogP contribution in [-0.4, -0.2) is 12.6 Å². The number of rotatable bonds is 6. The van der Waals surface area contributed by atoms with Crippen LogP contribution in [0.3, 0.4) is 0 Å². The van der Waals surface area contributed by atoms with Crippen LogP contribution in [-0.2, 0) is 11.3 Å². The van der Waals surface area contributed by atoms with Gasteiger partial charge in [-0.1, -0.05) is 42.5 Å². The Morgan fingerprint density at radius 3 is 2.52 bits per heavy atom. The van der Waals surface area contributed by atoms with E-state index in [1.807, 2.05) is 68.5 Å². The topological polar surface area (TPSA) is 62.1 Å². The van der Waals surface area contributed by atoms with Crippen LogP contribution in [0.5, 0.6) is 0 Å². The van der Waals surface area contributed by atoms with Gasteiger partial charge in [0.05, 0.1) is 11.6 Å². The summed E-state index contributed by atoms with van der Waals surface area (Å²) in [6.07, 6.45) is 4.34. The Bertz CT molecular complexity index is 766. The van der Waals surface area contributed by atoms with E-state index in [1.165, 1.54) is 0 Å². The van der Waals surface area contributed by atoms with E-state index in [4.69, 9.17) is 10.00 Å². The lowest BCUT2D eigenvalue weighted by Gasteiger charge is -2.07. The van der Waals surface area contributed by atoms with Gasteiger partial charge in [0.25, 0.3) is 0 Å². The zero-order chi connectivity index (χ0) is 18.1. The Labute approximate surface area is 148 Å². The van der Waals surface area contributed by atoms with Crippen molar-refractivity contribution in [2.75, 3.05) is 6.54 Å². The summed E-state index contributed by atoms with van der Waals surface area (Å²) in [5.41, 5.74) is 4.90. The first-order chi connectivity index (χ1) is 12.1. The van der Waals surface area contributed by atoms with Crippen molar-refractivity contribution in [3.8, 4) is 6.07 Å². The van der Waals surface area contributed by atoms with Crippen LogP contribution >= 0.6 is 0 Å². The highest BCUT2D eigenvalue weighted by molar-refractivity contribution is 5.67. The minimum atomic E-state index is -0.414. The lowest BCUT2D eigenvalue weighted by atomic mass is 9.99. The highest BCUT2D eigenvalue weighted by atomic mass is 16.5. The molecule has 0 aromatic heterocycles. The molecule has 0 atom stereocenters. The number of hydrogen-bond acceptors (Lipinski definition) is 3. The van der Waals surface area contributed by atoms with Crippen LogP contribution in [0, 0.1) is 25.2 Å². The lowest BCUT2D eigenvalue weighted by molar-refractivity contribution is 0.140. The van der Waals surface area contributed by atoms with Gasteiger partial charge >= 0.3 is 6.09 Å². The number of benzene rings is 2. The number of amides is 1. The molecule has 0 aliphatic rings. The number of ether oxygens (including phenoxy) is 1. The van der Waals surface area contributed by atoms with Crippen LogP contribution in [0.1, 0.15) is 34.2 Å². The maximum Gasteiger partial charge on any atom is 0.407 e. The Hall–Kier alpha value is -3.06. The standard InChI is InChI=1S/C21H22N2O2/c1-16-12-19(14-22)13-17(2)20(16)10-6-7-11-23-21(24)25-15-18-8-4-3-5-9-18/h3-6,8-10,12-13H,7,11,15H2,1-2H3,(H,23,24).